The molecule has 3 N–H and O–H groups in total. The molecule has 1 aromatic rings. The molecule has 0 aliphatic rings. The Balaban J connectivity index is 3.23. The third-order valence-corrected chi connectivity index (χ3v) is 2.65. The minimum Gasteiger partial charge on any atom is -0.399 e. The van der Waals surface area contributed by atoms with Crippen LogP contribution >= 0.6 is 0 Å². The number of nitrogens with zero attached hydrogens (tertiary/aromatic N) is 1. The molecule has 1 amide bonds. The zero-order valence-corrected chi connectivity index (χ0v) is 10.2. The Kier molecular flexibility index (Phi) is 3.77. The van der Waals surface area contributed by atoms with Crippen molar-refractivity contribution in [3.05, 3.63) is 23.8 Å². The summed E-state index contributed by atoms with van der Waals surface area (Å²) in [5.41, 5.74) is 7.91. The lowest BCUT2D eigenvalue weighted by atomic mass is 10.1. The van der Waals surface area contributed by atoms with Gasteiger partial charge in [0.2, 0.25) is 0 Å². The number of hydrogen-bond donors (Lipinski definition) is 2. The van der Waals surface area contributed by atoms with E-state index in [9.17, 15) is 4.79 Å². The van der Waals surface area contributed by atoms with Crippen molar-refractivity contribution in [2.75, 3.05) is 24.7 Å². The zero-order chi connectivity index (χ0) is 12.3. The molecule has 0 bridgehead atoms. The third-order valence-electron chi connectivity index (χ3n) is 2.65. The topological polar surface area (TPSA) is 58.4 Å². The molecule has 0 saturated carbocycles. The fourth-order valence-corrected chi connectivity index (χ4v) is 1.45. The summed E-state index contributed by atoms with van der Waals surface area (Å²) in [6.07, 6.45) is 0. The SMILES string of the molecule is CNC(=O)c1ccc(N)cc1N(C)C(C)C. The second-order valence-corrected chi connectivity index (χ2v) is 4.06. The van der Waals surface area contributed by atoms with Crippen LogP contribution < -0.4 is 16.0 Å². The van der Waals surface area contributed by atoms with Crippen molar-refractivity contribution < 1.29 is 4.79 Å². The highest BCUT2D eigenvalue weighted by Gasteiger charge is 2.15. The predicted octanol–water partition coefficient (Wildman–Crippen LogP) is 1.47. The van der Waals surface area contributed by atoms with Crippen LogP contribution in [-0.2, 0) is 0 Å². The molecular weight excluding hydrogens is 202 g/mol. The van der Waals surface area contributed by atoms with Crippen LogP contribution in [0.3, 0.4) is 0 Å². The molecule has 4 nitrogen and oxygen atoms in total. The molecule has 0 aromatic heterocycles. The van der Waals surface area contributed by atoms with E-state index in [0.29, 0.717) is 17.3 Å². The summed E-state index contributed by atoms with van der Waals surface area (Å²) >= 11 is 0. The Morgan fingerprint density at radius 2 is 2.06 bits per heavy atom. The van der Waals surface area contributed by atoms with Crippen LogP contribution in [0.25, 0.3) is 0 Å². The number of hydrogen-bond acceptors (Lipinski definition) is 3. The summed E-state index contributed by atoms with van der Waals surface area (Å²) in [6.45, 7) is 4.13. The maximum absolute atomic E-state index is 11.7. The molecule has 0 spiro atoms. The lowest BCUT2D eigenvalue weighted by Gasteiger charge is -2.26. The van der Waals surface area contributed by atoms with E-state index in [1.165, 1.54) is 0 Å². The van der Waals surface area contributed by atoms with E-state index in [2.05, 4.69) is 19.2 Å². The summed E-state index contributed by atoms with van der Waals surface area (Å²) in [5.74, 6) is -0.0949. The lowest BCUT2D eigenvalue weighted by molar-refractivity contribution is 0.0963. The Bertz CT molecular complexity index is 388. The van der Waals surface area contributed by atoms with Crippen molar-refractivity contribution in [1.82, 2.24) is 5.32 Å². The molecule has 0 atom stereocenters. The number of nitrogen functional groups attached to an aromatic ring is 1. The number of amides is 1. The van der Waals surface area contributed by atoms with Crippen LogP contribution in [0.4, 0.5) is 11.4 Å². The van der Waals surface area contributed by atoms with Crippen molar-refractivity contribution in [3.63, 3.8) is 0 Å². The second kappa shape index (κ2) is 4.88. The van der Waals surface area contributed by atoms with Gasteiger partial charge in [-0.2, -0.15) is 0 Å². The fourth-order valence-electron chi connectivity index (χ4n) is 1.45. The van der Waals surface area contributed by atoms with Crippen LogP contribution in [0.15, 0.2) is 18.2 Å². The molecule has 1 rings (SSSR count). The van der Waals surface area contributed by atoms with Crippen LogP contribution in [0.5, 0.6) is 0 Å². The van der Waals surface area contributed by atoms with Crippen LogP contribution in [0, 0.1) is 0 Å². The number of nitrogens with two attached hydrogens (primary N) is 1. The van der Waals surface area contributed by atoms with E-state index in [1.54, 1.807) is 19.2 Å². The average molecular weight is 221 g/mol. The van der Waals surface area contributed by atoms with Crippen LogP contribution in [0.2, 0.25) is 0 Å². The summed E-state index contributed by atoms with van der Waals surface area (Å²) in [4.78, 5) is 13.7. The van der Waals surface area contributed by atoms with Gasteiger partial charge in [-0.3, -0.25) is 4.79 Å². The first-order valence-corrected chi connectivity index (χ1v) is 5.31. The Labute approximate surface area is 96.4 Å². The van der Waals surface area contributed by atoms with Gasteiger partial charge in [0.15, 0.2) is 0 Å². The van der Waals surface area contributed by atoms with Crippen molar-refractivity contribution >= 4 is 17.3 Å². The van der Waals surface area contributed by atoms with E-state index in [4.69, 9.17) is 5.73 Å². The summed E-state index contributed by atoms with van der Waals surface area (Å²) in [6, 6.07) is 5.63. The van der Waals surface area contributed by atoms with Gasteiger partial charge in [-0.15, -0.1) is 0 Å². The highest BCUT2D eigenvalue weighted by Crippen LogP contribution is 2.24. The van der Waals surface area contributed by atoms with Gasteiger partial charge in [0.1, 0.15) is 0 Å². The summed E-state index contributed by atoms with van der Waals surface area (Å²) in [5, 5.41) is 2.63. The summed E-state index contributed by atoms with van der Waals surface area (Å²) < 4.78 is 0. The maximum atomic E-state index is 11.7. The first-order chi connectivity index (χ1) is 7.47. The highest BCUT2D eigenvalue weighted by molar-refractivity contribution is 6.00. The third kappa shape index (κ3) is 2.45. The Hall–Kier alpha value is -1.71. The molecule has 88 valence electrons. The molecule has 0 unspecified atom stereocenters. The second-order valence-electron chi connectivity index (χ2n) is 4.06. The van der Waals surface area contributed by atoms with Gasteiger partial charge < -0.3 is 16.0 Å². The molecule has 0 fully saturated rings. The largest absolute Gasteiger partial charge is 0.399 e. The van der Waals surface area contributed by atoms with Crippen molar-refractivity contribution in [2.45, 2.75) is 19.9 Å². The number of nitrogens with one attached hydrogen (secondary N) is 1. The van der Waals surface area contributed by atoms with Gasteiger partial charge in [0.25, 0.3) is 5.91 Å². The molecule has 16 heavy (non-hydrogen) atoms. The Morgan fingerprint density at radius 3 is 2.56 bits per heavy atom. The van der Waals surface area contributed by atoms with E-state index in [1.807, 2.05) is 18.0 Å². The van der Waals surface area contributed by atoms with Gasteiger partial charge in [-0.25, -0.2) is 0 Å². The normalized spacial score (nSPS) is 10.3. The highest BCUT2D eigenvalue weighted by atomic mass is 16.1. The minimum atomic E-state index is -0.0949. The molecule has 0 aliphatic heterocycles. The molecular formula is C12H19N3O. The summed E-state index contributed by atoms with van der Waals surface area (Å²) in [7, 11) is 3.57. The number of carbonyl (C=O) groups is 1. The van der Waals surface area contributed by atoms with Gasteiger partial charge in [-0.1, -0.05) is 0 Å². The quantitative estimate of drug-likeness (QED) is 0.760. The molecule has 0 radical (unpaired) electrons. The fraction of sp³-hybridized carbons (Fsp3) is 0.417. The van der Waals surface area contributed by atoms with Crippen LogP contribution in [0.1, 0.15) is 24.2 Å². The van der Waals surface area contributed by atoms with Crippen molar-refractivity contribution in [2.24, 2.45) is 0 Å². The molecule has 1 aromatic carbocycles. The number of rotatable bonds is 3. The number of carbonyl (C=O) groups excluding carboxylic acids is 1. The molecule has 4 heteroatoms. The maximum Gasteiger partial charge on any atom is 0.253 e. The number of anilines is 2. The first-order valence-electron chi connectivity index (χ1n) is 5.31. The van der Waals surface area contributed by atoms with Gasteiger partial charge in [-0.05, 0) is 32.0 Å². The lowest BCUT2D eigenvalue weighted by Crippen LogP contribution is -2.29. The first kappa shape index (κ1) is 12.4. The molecule has 0 heterocycles. The minimum absolute atomic E-state index is 0.0949. The van der Waals surface area contributed by atoms with E-state index in [0.717, 1.165) is 5.69 Å². The molecule has 0 saturated heterocycles. The average Bonchev–Trinajstić information content (AvgIpc) is 2.26. The van der Waals surface area contributed by atoms with E-state index >= 15 is 0 Å². The van der Waals surface area contributed by atoms with Crippen molar-refractivity contribution in [1.29, 1.82) is 0 Å². The monoisotopic (exact) mass is 221 g/mol. The van der Waals surface area contributed by atoms with E-state index in [-0.39, 0.29) is 5.91 Å². The standard InChI is InChI=1S/C12H19N3O/c1-8(2)15(4)11-7-9(13)5-6-10(11)12(16)14-3/h5-8H,13H2,1-4H3,(H,14,16). The van der Waals surface area contributed by atoms with Crippen molar-refractivity contribution in [3.8, 4) is 0 Å². The predicted molar refractivity (Wildman–Crippen MR) is 67.8 cm³/mol. The van der Waals surface area contributed by atoms with E-state index < -0.39 is 0 Å². The van der Waals surface area contributed by atoms with Gasteiger partial charge in [0, 0.05) is 25.8 Å². The van der Waals surface area contributed by atoms with Crippen LogP contribution in [-0.4, -0.2) is 26.0 Å². The number of benzene rings is 1. The Morgan fingerprint density at radius 1 is 1.44 bits per heavy atom. The smallest absolute Gasteiger partial charge is 0.253 e. The van der Waals surface area contributed by atoms with Gasteiger partial charge >= 0.3 is 0 Å². The molecule has 0 aliphatic carbocycles. The zero-order valence-electron chi connectivity index (χ0n) is 10.2. The van der Waals surface area contributed by atoms with Gasteiger partial charge in [0.05, 0.1) is 11.3 Å².